The summed E-state index contributed by atoms with van der Waals surface area (Å²) in [5.41, 5.74) is 8.97. The minimum Gasteiger partial charge on any atom is -0.507 e. The fourth-order valence-corrected chi connectivity index (χ4v) is 6.39. The Morgan fingerprint density at radius 1 is 0.575 bits per heavy atom. The molecule has 0 radical (unpaired) electrons. The molecule has 4 aromatic carbocycles. The smallest absolute Gasteiger partial charge is 0.128 e. The van der Waals surface area contributed by atoms with Gasteiger partial charge in [0.1, 0.15) is 50.8 Å². The van der Waals surface area contributed by atoms with Crippen molar-refractivity contribution in [3.05, 3.63) is 129 Å². The molecule has 4 heteroatoms. The molecule has 4 N–H and O–H groups in total. The maximum Gasteiger partial charge on any atom is 0.128 e. The highest BCUT2D eigenvalue weighted by atomic mass is 16.3. The van der Waals surface area contributed by atoms with E-state index in [-0.39, 0.29) is 11.8 Å². The average molecular weight is 537 g/mol. The normalized spacial score (nSPS) is 18.8. The topological polar surface area (TPSA) is 49.3 Å². The number of aromatic hydroxyl groups is 2. The van der Waals surface area contributed by atoms with E-state index in [2.05, 4.69) is 100 Å². The van der Waals surface area contributed by atoms with Gasteiger partial charge in [-0.15, -0.1) is 0 Å². The maximum absolute atomic E-state index is 11.3. The molecule has 1 saturated heterocycles. The van der Waals surface area contributed by atoms with Crippen molar-refractivity contribution in [2.75, 3.05) is 26.2 Å². The molecule has 1 aliphatic heterocycles. The molecule has 0 spiro atoms. The number of phenols is 2. The molecule has 5 rings (SSSR count). The number of piperazine rings is 1. The third-order valence-electron chi connectivity index (χ3n) is 8.80. The molecule has 0 aromatic heterocycles. The Balaban J connectivity index is 1.25. The van der Waals surface area contributed by atoms with Crippen LogP contribution in [0.5, 0.6) is 11.5 Å². The molecule has 0 amide bonds. The lowest BCUT2D eigenvalue weighted by atomic mass is 9.89. The first kappa shape index (κ1) is 27.9. The van der Waals surface area contributed by atoms with Crippen LogP contribution in [0.4, 0.5) is 0 Å². The molecule has 1 heterocycles. The summed E-state index contributed by atoms with van der Waals surface area (Å²) in [6.45, 7) is 14.5. The molecule has 0 unspecified atom stereocenters. The van der Waals surface area contributed by atoms with Crippen molar-refractivity contribution in [1.29, 1.82) is 0 Å². The van der Waals surface area contributed by atoms with Gasteiger partial charge in [-0.2, -0.15) is 0 Å². The van der Waals surface area contributed by atoms with Crippen molar-refractivity contribution in [1.82, 2.24) is 0 Å². The van der Waals surface area contributed by atoms with Gasteiger partial charge in [0, 0.05) is 34.1 Å². The Labute approximate surface area is 239 Å². The first-order valence-corrected chi connectivity index (χ1v) is 14.7. The summed E-state index contributed by atoms with van der Waals surface area (Å²) in [4.78, 5) is 3.02. The number of hydrogen-bond acceptors (Lipinski definition) is 2. The summed E-state index contributed by atoms with van der Waals surface area (Å²) >= 11 is 0. The number of rotatable bonds is 8. The summed E-state index contributed by atoms with van der Waals surface area (Å²) in [5, 5.41) is 22.6. The fourth-order valence-electron chi connectivity index (χ4n) is 6.39. The zero-order valence-electron chi connectivity index (χ0n) is 24.4. The van der Waals surface area contributed by atoms with Crippen molar-refractivity contribution in [3.63, 3.8) is 0 Å². The second-order valence-corrected chi connectivity index (χ2v) is 11.8. The van der Waals surface area contributed by atoms with Crippen molar-refractivity contribution in [3.8, 4) is 11.5 Å². The third-order valence-corrected chi connectivity index (χ3v) is 8.80. The molecule has 208 valence electrons. The van der Waals surface area contributed by atoms with Crippen LogP contribution in [-0.4, -0.2) is 36.4 Å². The highest BCUT2D eigenvalue weighted by Gasteiger charge is 2.27. The van der Waals surface area contributed by atoms with Crippen molar-refractivity contribution < 1.29 is 20.0 Å². The van der Waals surface area contributed by atoms with Crippen molar-refractivity contribution in [2.24, 2.45) is 0 Å². The number of nitrogens with one attached hydrogen (secondary N) is 2. The zero-order valence-corrected chi connectivity index (χ0v) is 24.4. The first-order valence-electron chi connectivity index (χ1n) is 14.7. The Kier molecular flexibility index (Phi) is 8.58. The summed E-state index contributed by atoms with van der Waals surface area (Å²) < 4.78 is 0. The van der Waals surface area contributed by atoms with E-state index in [1.165, 1.54) is 32.1 Å². The minimum absolute atomic E-state index is 0.146. The van der Waals surface area contributed by atoms with Crippen LogP contribution in [0.2, 0.25) is 0 Å². The second-order valence-electron chi connectivity index (χ2n) is 11.8. The quantitative estimate of drug-likeness (QED) is 0.268. The van der Waals surface area contributed by atoms with E-state index < -0.39 is 0 Å². The Hall–Kier alpha value is -3.60. The monoisotopic (exact) mass is 536 g/mol. The van der Waals surface area contributed by atoms with Crippen LogP contribution in [0.15, 0.2) is 84.9 Å². The van der Waals surface area contributed by atoms with Crippen LogP contribution in [-0.2, 0) is 13.1 Å². The van der Waals surface area contributed by atoms with E-state index in [0.29, 0.717) is 11.5 Å². The largest absolute Gasteiger partial charge is 0.507 e. The molecule has 0 bridgehead atoms. The van der Waals surface area contributed by atoms with Crippen molar-refractivity contribution >= 4 is 0 Å². The standard InChI is InChI=1S/C36H42N2O2/c1-25-19-31(35(39)33(21-25)27(3)29-11-7-5-8-12-29)23-37-15-17-38(18-16-37)24-32-20-26(2)22-34(36(32)40)28(4)30-13-9-6-10-14-30/h5-14,19-22,27-28,39-40H,15-18,23-24H2,1-4H3/p+2/t27-,28-/m1/s1. The number of benzene rings is 4. The molecular formula is C36H44N2O2+2. The van der Waals surface area contributed by atoms with Crippen LogP contribution in [0.3, 0.4) is 0 Å². The van der Waals surface area contributed by atoms with Crippen LogP contribution in [0.1, 0.15) is 70.2 Å². The van der Waals surface area contributed by atoms with E-state index >= 15 is 0 Å². The van der Waals surface area contributed by atoms with Gasteiger partial charge in [-0.05, 0) is 37.1 Å². The van der Waals surface area contributed by atoms with E-state index in [4.69, 9.17) is 0 Å². The number of quaternary nitrogens is 2. The summed E-state index contributed by atoms with van der Waals surface area (Å²) in [6.07, 6.45) is 0. The molecule has 2 atom stereocenters. The molecule has 40 heavy (non-hydrogen) atoms. The SMILES string of the molecule is Cc1cc(C[NH+]2CC[NH+](Cc3cc(C)cc([C@H](C)c4ccccc4)c3O)CC2)c(O)c([C@H](C)c2ccccc2)c1. The van der Waals surface area contributed by atoms with Gasteiger partial charge < -0.3 is 20.0 Å². The summed E-state index contributed by atoms with van der Waals surface area (Å²) in [7, 11) is 0. The molecule has 1 aliphatic rings. The predicted molar refractivity (Wildman–Crippen MR) is 162 cm³/mol. The molecule has 0 saturated carbocycles. The summed E-state index contributed by atoms with van der Waals surface area (Å²) in [5.74, 6) is 1.20. The molecule has 0 aliphatic carbocycles. The van der Waals surface area contributed by atoms with Gasteiger partial charge in [0.05, 0.1) is 0 Å². The number of phenolic OH excluding ortho intramolecular Hbond substituents is 2. The second kappa shape index (κ2) is 12.3. The van der Waals surface area contributed by atoms with Gasteiger partial charge >= 0.3 is 0 Å². The van der Waals surface area contributed by atoms with Gasteiger partial charge in [0.25, 0.3) is 0 Å². The molecule has 4 aromatic rings. The lowest BCUT2D eigenvalue weighted by molar-refractivity contribution is -1.02. The molecule has 1 fully saturated rings. The van der Waals surface area contributed by atoms with Gasteiger partial charge in [-0.1, -0.05) is 97.8 Å². The van der Waals surface area contributed by atoms with Crippen LogP contribution in [0.25, 0.3) is 0 Å². The fraction of sp³-hybridized carbons (Fsp3) is 0.333. The predicted octanol–water partition coefficient (Wildman–Crippen LogP) is 4.50. The van der Waals surface area contributed by atoms with Gasteiger partial charge in [-0.25, -0.2) is 0 Å². The van der Waals surface area contributed by atoms with Gasteiger partial charge in [0.2, 0.25) is 0 Å². The minimum atomic E-state index is 0.146. The first-order chi connectivity index (χ1) is 19.3. The highest BCUT2D eigenvalue weighted by molar-refractivity contribution is 5.49. The summed E-state index contributed by atoms with van der Waals surface area (Å²) in [6, 6.07) is 29.4. The van der Waals surface area contributed by atoms with E-state index in [9.17, 15) is 10.2 Å². The van der Waals surface area contributed by atoms with E-state index in [1.807, 2.05) is 12.1 Å². The van der Waals surface area contributed by atoms with Gasteiger partial charge in [0.15, 0.2) is 0 Å². The lowest BCUT2D eigenvalue weighted by Gasteiger charge is -2.30. The van der Waals surface area contributed by atoms with Gasteiger partial charge in [-0.3, -0.25) is 0 Å². The van der Waals surface area contributed by atoms with Crippen molar-refractivity contribution in [2.45, 2.75) is 52.6 Å². The zero-order chi connectivity index (χ0) is 28.2. The Morgan fingerprint density at radius 2 is 0.925 bits per heavy atom. The molecular weight excluding hydrogens is 492 g/mol. The highest BCUT2D eigenvalue weighted by Crippen LogP contribution is 2.35. The molecule has 4 nitrogen and oxygen atoms in total. The van der Waals surface area contributed by atoms with E-state index in [0.717, 1.165) is 61.5 Å². The average Bonchev–Trinajstić information content (AvgIpc) is 2.97. The Bertz CT molecular complexity index is 1320. The lowest BCUT2D eigenvalue weighted by Crippen LogP contribution is -3.27. The Morgan fingerprint density at radius 3 is 1.27 bits per heavy atom. The van der Waals surface area contributed by atoms with E-state index in [1.54, 1.807) is 0 Å². The van der Waals surface area contributed by atoms with Crippen LogP contribution >= 0.6 is 0 Å². The van der Waals surface area contributed by atoms with Crippen LogP contribution < -0.4 is 9.80 Å². The number of hydrogen-bond donors (Lipinski definition) is 4. The number of aryl methyl sites for hydroxylation is 2. The third kappa shape index (κ3) is 6.24. The maximum atomic E-state index is 11.3. The van der Waals surface area contributed by atoms with Crippen LogP contribution in [0, 0.1) is 13.8 Å².